The Morgan fingerprint density at radius 1 is 1.13 bits per heavy atom. The van der Waals surface area contributed by atoms with Gasteiger partial charge in [0.2, 0.25) is 10.0 Å². The van der Waals surface area contributed by atoms with Crippen molar-refractivity contribution in [3.63, 3.8) is 0 Å². The maximum absolute atomic E-state index is 12.1. The number of nitrogens with one attached hydrogen (secondary N) is 2. The molecule has 2 N–H and O–H groups in total. The van der Waals surface area contributed by atoms with E-state index in [-0.39, 0.29) is 5.75 Å². The van der Waals surface area contributed by atoms with Gasteiger partial charge in [0.1, 0.15) is 0 Å². The molecule has 0 aliphatic carbocycles. The summed E-state index contributed by atoms with van der Waals surface area (Å²) in [4.78, 5) is 4.16. The molecule has 23 heavy (non-hydrogen) atoms. The van der Waals surface area contributed by atoms with Crippen molar-refractivity contribution in [3.8, 4) is 0 Å². The summed E-state index contributed by atoms with van der Waals surface area (Å²) in [6, 6.07) is 0.319. The summed E-state index contributed by atoms with van der Waals surface area (Å²) >= 11 is 0. The number of sulfonamides is 1. The van der Waals surface area contributed by atoms with Gasteiger partial charge in [-0.25, -0.2) is 12.7 Å². The molecule has 0 rings (SSSR count). The third kappa shape index (κ3) is 9.81. The van der Waals surface area contributed by atoms with E-state index in [1.807, 2.05) is 13.8 Å². The van der Waals surface area contributed by atoms with E-state index in [1.165, 1.54) is 17.1 Å². The first kappa shape index (κ1) is 22.2. The summed E-state index contributed by atoms with van der Waals surface area (Å²) in [5.74, 6) is 1.47. The first-order chi connectivity index (χ1) is 10.8. The van der Waals surface area contributed by atoms with Crippen LogP contribution in [0.1, 0.15) is 53.9 Å². The highest BCUT2D eigenvalue weighted by Crippen LogP contribution is 2.08. The van der Waals surface area contributed by atoms with Gasteiger partial charge in [-0.3, -0.25) is 4.99 Å². The lowest BCUT2D eigenvalue weighted by atomic mass is 10.0. The number of hydrogen-bond acceptors (Lipinski definition) is 3. The van der Waals surface area contributed by atoms with Crippen LogP contribution in [-0.4, -0.2) is 57.2 Å². The number of guanidine groups is 1. The molecule has 0 aromatic heterocycles. The Morgan fingerprint density at radius 3 is 2.22 bits per heavy atom. The Hall–Kier alpha value is -0.820. The van der Waals surface area contributed by atoms with Gasteiger partial charge >= 0.3 is 0 Å². The lowest BCUT2D eigenvalue weighted by Crippen LogP contribution is -2.45. The van der Waals surface area contributed by atoms with Gasteiger partial charge in [-0.15, -0.1) is 0 Å². The maximum Gasteiger partial charge on any atom is 0.215 e. The van der Waals surface area contributed by atoms with Crippen LogP contribution < -0.4 is 10.6 Å². The fourth-order valence-electron chi connectivity index (χ4n) is 2.38. The first-order valence-electron chi connectivity index (χ1n) is 8.71. The van der Waals surface area contributed by atoms with Crippen molar-refractivity contribution in [1.82, 2.24) is 14.9 Å². The smallest absolute Gasteiger partial charge is 0.215 e. The molecule has 0 saturated carbocycles. The van der Waals surface area contributed by atoms with E-state index in [1.54, 1.807) is 7.05 Å². The van der Waals surface area contributed by atoms with Gasteiger partial charge in [-0.2, -0.15) is 0 Å². The van der Waals surface area contributed by atoms with Gasteiger partial charge < -0.3 is 10.6 Å². The van der Waals surface area contributed by atoms with Crippen LogP contribution in [0.15, 0.2) is 4.99 Å². The quantitative estimate of drug-likeness (QED) is 0.443. The van der Waals surface area contributed by atoms with Crippen molar-refractivity contribution in [3.05, 3.63) is 0 Å². The largest absolute Gasteiger partial charge is 0.355 e. The molecule has 0 radical (unpaired) electrons. The molecule has 0 saturated heterocycles. The molecule has 0 aromatic rings. The molecule has 0 bridgehead atoms. The van der Waals surface area contributed by atoms with Gasteiger partial charge in [-0.1, -0.05) is 40.5 Å². The third-order valence-corrected chi connectivity index (χ3v) is 5.80. The summed E-state index contributed by atoms with van der Waals surface area (Å²) in [5.41, 5.74) is 0. The van der Waals surface area contributed by atoms with E-state index in [2.05, 4.69) is 36.4 Å². The summed E-state index contributed by atoms with van der Waals surface area (Å²) < 4.78 is 25.7. The molecular weight excluding hydrogens is 312 g/mol. The van der Waals surface area contributed by atoms with Crippen molar-refractivity contribution in [2.45, 2.75) is 59.9 Å². The van der Waals surface area contributed by atoms with Crippen LogP contribution in [0.5, 0.6) is 0 Å². The average Bonchev–Trinajstić information content (AvgIpc) is 2.46. The molecule has 0 amide bonds. The van der Waals surface area contributed by atoms with E-state index >= 15 is 0 Å². The standard InChI is InChI=1S/C16H36N4O2S/c1-7-20(8-2)23(21,22)13-12-18-16(17-6)19-15(5)11-9-10-14(3)4/h14-15H,7-13H2,1-6H3,(H2,17,18,19). The Balaban J connectivity index is 4.21. The second-order valence-corrected chi connectivity index (χ2v) is 8.36. The number of rotatable bonds is 11. The van der Waals surface area contributed by atoms with Crippen LogP contribution in [-0.2, 0) is 10.0 Å². The average molecular weight is 349 g/mol. The lowest BCUT2D eigenvalue weighted by molar-refractivity contribution is 0.445. The molecule has 0 fully saturated rings. The SMILES string of the molecule is CCN(CC)S(=O)(=O)CCNC(=NC)NC(C)CCCC(C)C. The number of nitrogens with zero attached hydrogens (tertiary/aromatic N) is 2. The van der Waals surface area contributed by atoms with Crippen LogP contribution in [0, 0.1) is 5.92 Å². The Kier molecular flexibility index (Phi) is 11.3. The monoisotopic (exact) mass is 348 g/mol. The predicted molar refractivity (Wildman–Crippen MR) is 99.4 cm³/mol. The minimum Gasteiger partial charge on any atom is -0.355 e. The van der Waals surface area contributed by atoms with Crippen LogP contribution in [0.25, 0.3) is 0 Å². The fourth-order valence-corrected chi connectivity index (χ4v) is 3.78. The van der Waals surface area contributed by atoms with E-state index < -0.39 is 10.0 Å². The third-order valence-electron chi connectivity index (χ3n) is 3.78. The Bertz CT molecular complexity index is 431. The van der Waals surface area contributed by atoms with Crippen molar-refractivity contribution >= 4 is 16.0 Å². The van der Waals surface area contributed by atoms with E-state index in [4.69, 9.17) is 0 Å². The highest BCUT2D eigenvalue weighted by Gasteiger charge is 2.18. The lowest BCUT2D eigenvalue weighted by Gasteiger charge is -2.20. The minimum absolute atomic E-state index is 0.0805. The van der Waals surface area contributed by atoms with Gasteiger partial charge in [0.05, 0.1) is 5.75 Å². The first-order valence-corrected chi connectivity index (χ1v) is 10.3. The van der Waals surface area contributed by atoms with Gasteiger partial charge in [0, 0.05) is 32.7 Å². The molecule has 0 aliphatic heterocycles. The van der Waals surface area contributed by atoms with Crippen molar-refractivity contribution in [2.75, 3.05) is 32.4 Å². The maximum atomic E-state index is 12.1. The van der Waals surface area contributed by atoms with E-state index in [0.29, 0.717) is 31.6 Å². The van der Waals surface area contributed by atoms with E-state index in [9.17, 15) is 8.42 Å². The second kappa shape index (κ2) is 11.7. The molecule has 0 spiro atoms. The Labute approximate surface area is 143 Å². The highest BCUT2D eigenvalue weighted by molar-refractivity contribution is 7.89. The van der Waals surface area contributed by atoms with Crippen molar-refractivity contribution < 1.29 is 8.42 Å². The Morgan fingerprint density at radius 2 is 1.74 bits per heavy atom. The zero-order valence-corrected chi connectivity index (χ0v) is 16.5. The van der Waals surface area contributed by atoms with Gasteiger partial charge in [-0.05, 0) is 19.3 Å². The van der Waals surface area contributed by atoms with Crippen LogP contribution in [0.3, 0.4) is 0 Å². The van der Waals surface area contributed by atoms with Crippen LogP contribution in [0.4, 0.5) is 0 Å². The van der Waals surface area contributed by atoms with E-state index in [0.717, 1.165) is 12.3 Å². The van der Waals surface area contributed by atoms with Crippen molar-refractivity contribution in [2.24, 2.45) is 10.9 Å². The zero-order valence-electron chi connectivity index (χ0n) is 15.7. The summed E-state index contributed by atoms with van der Waals surface area (Å²) in [6.07, 6.45) is 3.48. The minimum atomic E-state index is -3.19. The molecule has 0 heterocycles. The molecule has 1 atom stereocenters. The molecule has 7 heteroatoms. The molecule has 0 aromatic carbocycles. The van der Waals surface area contributed by atoms with Crippen LogP contribution in [0.2, 0.25) is 0 Å². The molecule has 0 aliphatic rings. The highest BCUT2D eigenvalue weighted by atomic mass is 32.2. The summed E-state index contributed by atoms with van der Waals surface area (Å²) in [7, 11) is -1.49. The predicted octanol–water partition coefficient (Wildman–Crippen LogP) is 2.04. The second-order valence-electron chi connectivity index (χ2n) is 6.27. The van der Waals surface area contributed by atoms with Crippen molar-refractivity contribution in [1.29, 1.82) is 0 Å². The molecule has 1 unspecified atom stereocenters. The zero-order chi connectivity index (χ0) is 17.9. The topological polar surface area (TPSA) is 73.8 Å². The molecular formula is C16H36N4O2S. The summed E-state index contributed by atoms with van der Waals surface area (Å²) in [6.45, 7) is 11.7. The fraction of sp³-hybridized carbons (Fsp3) is 0.938. The van der Waals surface area contributed by atoms with Crippen LogP contribution >= 0.6 is 0 Å². The normalized spacial score (nSPS) is 14.3. The number of aliphatic imine (C=N–C) groups is 1. The van der Waals surface area contributed by atoms with Gasteiger partial charge in [0.25, 0.3) is 0 Å². The number of hydrogen-bond donors (Lipinski definition) is 2. The van der Waals surface area contributed by atoms with Gasteiger partial charge in [0.15, 0.2) is 5.96 Å². The molecule has 6 nitrogen and oxygen atoms in total. The molecule has 138 valence electrons. The summed E-state index contributed by atoms with van der Waals surface area (Å²) in [5, 5.41) is 6.41.